The smallest absolute Gasteiger partial charge is 0.339 e. The molecule has 0 aliphatic carbocycles. The number of hydrogen-bond donors (Lipinski definition) is 1. The van der Waals surface area contributed by atoms with E-state index in [1.54, 1.807) is 0 Å². The molecule has 1 atom stereocenters. The van der Waals surface area contributed by atoms with Crippen molar-refractivity contribution in [1.29, 1.82) is 0 Å². The molecule has 0 amide bonds. The lowest BCUT2D eigenvalue weighted by atomic mass is 10.1. The van der Waals surface area contributed by atoms with Gasteiger partial charge in [-0.1, -0.05) is 0 Å². The van der Waals surface area contributed by atoms with E-state index in [2.05, 4.69) is 9.47 Å². The van der Waals surface area contributed by atoms with E-state index in [9.17, 15) is 27.9 Å². The quantitative estimate of drug-likeness (QED) is 0.740. The van der Waals surface area contributed by atoms with Crippen LogP contribution in [0.5, 0.6) is 0 Å². The zero-order chi connectivity index (χ0) is 19.5. The maximum absolute atomic E-state index is 13.1. The number of methoxy groups -OCH3 is 2. The molecule has 1 heterocycles. The molecule has 1 N–H and O–H groups in total. The van der Waals surface area contributed by atoms with Crippen molar-refractivity contribution in [3.8, 4) is 0 Å². The van der Waals surface area contributed by atoms with Gasteiger partial charge in [-0.15, -0.1) is 0 Å². The summed E-state index contributed by atoms with van der Waals surface area (Å²) in [4.78, 5) is 34.7. The number of hydrogen-bond acceptors (Lipinski definition) is 7. The number of esters is 2. The fourth-order valence-corrected chi connectivity index (χ4v) is 4.68. The van der Waals surface area contributed by atoms with Crippen molar-refractivity contribution >= 4 is 27.9 Å². The van der Waals surface area contributed by atoms with E-state index >= 15 is 0 Å². The third kappa shape index (κ3) is 3.70. The molecule has 1 aliphatic rings. The summed E-state index contributed by atoms with van der Waals surface area (Å²) in [5.41, 5.74) is -0.363. The Hall–Kier alpha value is -2.46. The van der Waals surface area contributed by atoms with Gasteiger partial charge in [0, 0.05) is 6.54 Å². The molecule has 1 aliphatic heterocycles. The highest BCUT2D eigenvalue weighted by atomic mass is 32.2. The Labute approximate surface area is 150 Å². The predicted molar refractivity (Wildman–Crippen MR) is 88.3 cm³/mol. The molecule has 1 fully saturated rings. The minimum Gasteiger partial charge on any atom is -0.480 e. The highest BCUT2D eigenvalue weighted by Crippen LogP contribution is 2.29. The maximum atomic E-state index is 13.1. The van der Waals surface area contributed by atoms with E-state index < -0.39 is 38.9 Å². The molecule has 2 rings (SSSR count). The van der Waals surface area contributed by atoms with E-state index in [1.165, 1.54) is 6.07 Å². The van der Waals surface area contributed by atoms with E-state index in [-0.39, 0.29) is 24.1 Å². The van der Waals surface area contributed by atoms with Gasteiger partial charge in [-0.05, 0) is 37.5 Å². The first-order valence-electron chi connectivity index (χ1n) is 7.79. The van der Waals surface area contributed by atoms with Gasteiger partial charge in [-0.3, -0.25) is 4.79 Å². The van der Waals surface area contributed by atoms with Gasteiger partial charge in [0.05, 0.1) is 30.2 Å². The van der Waals surface area contributed by atoms with Crippen molar-refractivity contribution in [3.05, 3.63) is 29.3 Å². The monoisotopic (exact) mass is 385 g/mol. The van der Waals surface area contributed by atoms with Crippen LogP contribution in [-0.2, 0) is 24.3 Å². The minimum atomic E-state index is -4.36. The Morgan fingerprint density at radius 3 is 2.35 bits per heavy atom. The van der Waals surface area contributed by atoms with Crippen LogP contribution in [0.15, 0.2) is 23.1 Å². The van der Waals surface area contributed by atoms with E-state index in [0.717, 1.165) is 30.7 Å². The Bertz CT molecular complexity index is 833. The molecule has 9 nitrogen and oxygen atoms in total. The van der Waals surface area contributed by atoms with Crippen molar-refractivity contribution < 1.29 is 37.4 Å². The second-order valence-electron chi connectivity index (χ2n) is 5.66. The van der Waals surface area contributed by atoms with E-state index in [1.807, 2.05) is 0 Å². The lowest BCUT2D eigenvalue weighted by Gasteiger charge is -2.32. The predicted octanol–water partition coefficient (Wildman–Crippen LogP) is 0.888. The van der Waals surface area contributed by atoms with Gasteiger partial charge in [0.1, 0.15) is 6.04 Å². The molecule has 0 aromatic heterocycles. The van der Waals surface area contributed by atoms with Gasteiger partial charge in [0.25, 0.3) is 0 Å². The number of rotatable bonds is 5. The summed E-state index contributed by atoms with van der Waals surface area (Å²) in [5.74, 6) is -2.97. The molecule has 0 spiro atoms. The lowest BCUT2D eigenvalue weighted by Crippen LogP contribution is -2.48. The van der Waals surface area contributed by atoms with Crippen molar-refractivity contribution in [2.75, 3.05) is 20.8 Å². The number of aliphatic carboxylic acids is 1. The molecular formula is C16H19NO8S. The van der Waals surface area contributed by atoms with Gasteiger partial charge in [-0.2, -0.15) is 4.31 Å². The number of nitrogens with zero attached hydrogens (tertiary/aromatic N) is 1. The average molecular weight is 385 g/mol. The molecule has 26 heavy (non-hydrogen) atoms. The second-order valence-corrected chi connectivity index (χ2v) is 7.52. The average Bonchev–Trinajstić information content (AvgIpc) is 2.66. The van der Waals surface area contributed by atoms with Crippen LogP contribution < -0.4 is 0 Å². The van der Waals surface area contributed by atoms with E-state index in [0.29, 0.717) is 12.8 Å². The molecule has 10 heteroatoms. The fraction of sp³-hybridized carbons (Fsp3) is 0.438. The van der Waals surface area contributed by atoms with Crippen LogP contribution in [0.25, 0.3) is 0 Å². The molecule has 0 bridgehead atoms. The molecule has 1 aromatic carbocycles. The number of ether oxygens (including phenoxy) is 2. The third-order valence-electron chi connectivity index (χ3n) is 4.13. The molecular weight excluding hydrogens is 366 g/mol. The number of carbonyl (C=O) groups is 3. The highest BCUT2D eigenvalue weighted by Gasteiger charge is 2.39. The second kappa shape index (κ2) is 7.83. The first kappa shape index (κ1) is 19.9. The van der Waals surface area contributed by atoms with Gasteiger partial charge >= 0.3 is 17.9 Å². The SMILES string of the molecule is COC(=O)c1ccc(C(=O)OC)c(S(=O)(=O)N2CCCCC2C(=O)O)c1. The minimum absolute atomic E-state index is 0.00235. The van der Waals surface area contributed by atoms with Gasteiger partial charge in [-0.25, -0.2) is 18.0 Å². The van der Waals surface area contributed by atoms with Crippen LogP contribution in [0.2, 0.25) is 0 Å². The molecule has 1 unspecified atom stereocenters. The molecule has 1 aromatic rings. The Balaban J connectivity index is 2.63. The lowest BCUT2D eigenvalue weighted by molar-refractivity contribution is -0.142. The summed E-state index contributed by atoms with van der Waals surface area (Å²) in [6, 6.07) is 2.15. The Morgan fingerprint density at radius 1 is 1.12 bits per heavy atom. The first-order valence-corrected chi connectivity index (χ1v) is 9.23. The summed E-state index contributed by atoms with van der Waals surface area (Å²) >= 11 is 0. The first-order chi connectivity index (χ1) is 12.2. The summed E-state index contributed by atoms with van der Waals surface area (Å²) in [5, 5.41) is 9.35. The van der Waals surface area contributed by atoms with Crippen molar-refractivity contribution in [2.45, 2.75) is 30.2 Å². The van der Waals surface area contributed by atoms with Crippen molar-refractivity contribution in [3.63, 3.8) is 0 Å². The molecule has 1 saturated heterocycles. The number of piperidine rings is 1. The maximum Gasteiger partial charge on any atom is 0.339 e. The molecule has 0 saturated carbocycles. The van der Waals surface area contributed by atoms with Gasteiger partial charge in [0.15, 0.2) is 0 Å². The number of carboxylic acid groups (broad SMARTS) is 1. The van der Waals surface area contributed by atoms with E-state index in [4.69, 9.17) is 0 Å². The highest BCUT2D eigenvalue weighted by molar-refractivity contribution is 7.89. The van der Waals surface area contributed by atoms with Crippen molar-refractivity contribution in [2.24, 2.45) is 0 Å². The Kier molecular flexibility index (Phi) is 5.98. The molecule has 0 radical (unpaired) electrons. The summed E-state index contributed by atoms with van der Waals surface area (Å²) < 4.78 is 36.3. The zero-order valence-electron chi connectivity index (χ0n) is 14.3. The number of carbonyl (C=O) groups excluding carboxylic acids is 2. The van der Waals surface area contributed by atoms with Crippen molar-refractivity contribution in [1.82, 2.24) is 4.31 Å². The summed E-state index contributed by atoms with van der Waals surface area (Å²) in [7, 11) is -2.14. The normalized spacial score (nSPS) is 18.2. The van der Waals surface area contributed by atoms with Crippen LogP contribution in [0, 0.1) is 0 Å². The summed E-state index contributed by atoms with van der Waals surface area (Å²) in [6.45, 7) is 0.00235. The topological polar surface area (TPSA) is 127 Å². The standard InChI is InChI=1S/C16H19NO8S/c1-24-15(20)10-6-7-11(16(21)25-2)13(9-10)26(22,23)17-8-4-3-5-12(17)14(18)19/h6-7,9,12H,3-5,8H2,1-2H3,(H,18,19). The Morgan fingerprint density at radius 2 is 1.77 bits per heavy atom. The van der Waals surface area contributed by atoms with Crippen LogP contribution in [0.4, 0.5) is 0 Å². The molecule has 142 valence electrons. The van der Waals surface area contributed by atoms with Crippen LogP contribution in [0.3, 0.4) is 0 Å². The summed E-state index contributed by atoms with van der Waals surface area (Å²) in [6.07, 6.45) is 1.24. The number of carboxylic acids is 1. The van der Waals surface area contributed by atoms with Crippen LogP contribution in [0.1, 0.15) is 40.0 Å². The number of sulfonamides is 1. The van der Waals surface area contributed by atoms with Gasteiger partial charge < -0.3 is 14.6 Å². The van der Waals surface area contributed by atoms with Gasteiger partial charge in [0.2, 0.25) is 10.0 Å². The largest absolute Gasteiger partial charge is 0.480 e. The fourth-order valence-electron chi connectivity index (χ4n) is 2.82. The number of benzene rings is 1. The zero-order valence-corrected chi connectivity index (χ0v) is 15.1. The third-order valence-corrected chi connectivity index (χ3v) is 6.08. The van der Waals surface area contributed by atoms with Crippen LogP contribution >= 0.6 is 0 Å². The van der Waals surface area contributed by atoms with Crippen LogP contribution in [-0.4, -0.2) is 62.5 Å².